The third kappa shape index (κ3) is 5.81. The SMILES string of the molecule is CCNC(=NCCNC(=O)c1ccccc1O)NC(C)c1ccccc1. The van der Waals surface area contributed by atoms with Gasteiger partial charge in [-0.3, -0.25) is 9.79 Å². The van der Waals surface area contributed by atoms with Gasteiger partial charge in [0.15, 0.2) is 5.96 Å². The molecule has 0 aliphatic carbocycles. The summed E-state index contributed by atoms with van der Waals surface area (Å²) >= 11 is 0. The van der Waals surface area contributed by atoms with Crippen LogP contribution in [0.1, 0.15) is 35.8 Å². The Bertz CT molecular complexity index is 732. The number of hydrogen-bond acceptors (Lipinski definition) is 3. The number of phenols is 1. The highest BCUT2D eigenvalue weighted by Gasteiger charge is 2.09. The molecule has 6 heteroatoms. The Labute approximate surface area is 154 Å². The van der Waals surface area contributed by atoms with Crippen molar-refractivity contribution < 1.29 is 9.90 Å². The number of hydrogen-bond donors (Lipinski definition) is 4. The highest BCUT2D eigenvalue weighted by molar-refractivity contribution is 5.96. The van der Waals surface area contributed by atoms with E-state index in [2.05, 4.69) is 40.0 Å². The summed E-state index contributed by atoms with van der Waals surface area (Å²) in [5.41, 5.74) is 1.44. The van der Waals surface area contributed by atoms with Crippen LogP contribution >= 0.6 is 0 Å². The zero-order valence-electron chi connectivity index (χ0n) is 15.2. The molecule has 1 atom stereocenters. The molecule has 0 radical (unpaired) electrons. The third-order valence-corrected chi connectivity index (χ3v) is 3.81. The van der Waals surface area contributed by atoms with Gasteiger partial charge in [0.2, 0.25) is 0 Å². The first-order valence-electron chi connectivity index (χ1n) is 8.77. The summed E-state index contributed by atoms with van der Waals surface area (Å²) < 4.78 is 0. The highest BCUT2D eigenvalue weighted by Crippen LogP contribution is 2.14. The molecular formula is C20H26N4O2. The molecule has 1 unspecified atom stereocenters. The van der Waals surface area contributed by atoms with Crippen LogP contribution in [0.3, 0.4) is 0 Å². The smallest absolute Gasteiger partial charge is 0.255 e. The number of phenolic OH excluding ortho intramolecular Hbond substituents is 1. The van der Waals surface area contributed by atoms with Crippen molar-refractivity contribution in [2.75, 3.05) is 19.6 Å². The van der Waals surface area contributed by atoms with Crippen LogP contribution in [0, 0.1) is 0 Å². The average molecular weight is 354 g/mol. The van der Waals surface area contributed by atoms with Gasteiger partial charge < -0.3 is 21.1 Å². The minimum absolute atomic E-state index is 0.0276. The van der Waals surface area contributed by atoms with Gasteiger partial charge in [-0.25, -0.2) is 0 Å². The number of carbonyl (C=O) groups excluding carboxylic acids is 1. The Morgan fingerprint density at radius 3 is 2.46 bits per heavy atom. The van der Waals surface area contributed by atoms with Crippen molar-refractivity contribution in [3.8, 4) is 5.75 Å². The van der Waals surface area contributed by atoms with Crippen molar-refractivity contribution in [1.82, 2.24) is 16.0 Å². The summed E-state index contributed by atoms with van der Waals surface area (Å²) in [4.78, 5) is 16.5. The number of nitrogens with zero attached hydrogens (tertiary/aromatic N) is 1. The van der Waals surface area contributed by atoms with Crippen LogP contribution in [0.5, 0.6) is 5.75 Å². The van der Waals surface area contributed by atoms with Crippen molar-refractivity contribution in [2.24, 2.45) is 4.99 Å². The predicted octanol–water partition coefficient (Wildman–Crippen LogP) is 2.44. The van der Waals surface area contributed by atoms with Crippen molar-refractivity contribution in [3.05, 3.63) is 65.7 Å². The Hall–Kier alpha value is -3.02. The van der Waals surface area contributed by atoms with Crippen LogP contribution in [0.2, 0.25) is 0 Å². The standard InChI is InChI=1S/C20H26N4O2/c1-3-21-20(24-15(2)16-9-5-4-6-10-16)23-14-13-22-19(26)17-11-7-8-12-18(17)25/h4-12,15,25H,3,13-14H2,1-2H3,(H,22,26)(H2,21,23,24). The molecule has 6 nitrogen and oxygen atoms in total. The molecule has 2 aromatic rings. The number of aliphatic imine (C=N–C) groups is 1. The molecule has 0 fully saturated rings. The molecular weight excluding hydrogens is 328 g/mol. The second kappa shape index (κ2) is 10.1. The first kappa shape index (κ1) is 19.3. The second-order valence-corrected chi connectivity index (χ2v) is 5.81. The van der Waals surface area contributed by atoms with Crippen LogP contribution in [0.4, 0.5) is 0 Å². The van der Waals surface area contributed by atoms with Gasteiger partial charge in [-0.2, -0.15) is 0 Å². The average Bonchev–Trinajstić information content (AvgIpc) is 2.66. The van der Waals surface area contributed by atoms with E-state index in [9.17, 15) is 9.90 Å². The zero-order chi connectivity index (χ0) is 18.8. The van der Waals surface area contributed by atoms with Crippen LogP contribution < -0.4 is 16.0 Å². The second-order valence-electron chi connectivity index (χ2n) is 5.81. The Kier molecular flexibility index (Phi) is 7.49. The number of nitrogens with one attached hydrogen (secondary N) is 3. The fourth-order valence-electron chi connectivity index (χ4n) is 2.45. The maximum absolute atomic E-state index is 12.0. The lowest BCUT2D eigenvalue weighted by Crippen LogP contribution is -2.39. The molecule has 0 heterocycles. The van der Waals surface area contributed by atoms with Gasteiger partial charge >= 0.3 is 0 Å². The lowest BCUT2D eigenvalue weighted by atomic mass is 10.1. The van der Waals surface area contributed by atoms with Crippen molar-refractivity contribution >= 4 is 11.9 Å². The monoisotopic (exact) mass is 354 g/mol. The minimum Gasteiger partial charge on any atom is -0.507 e. The summed E-state index contributed by atoms with van der Waals surface area (Å²) in [5, 5.41) is 19.0. The molecule has 138 valence electrons. The van der Waals surface area contributed by atoms with E-state index in [0.29, 0.717) is 19.0 Å². The van der Waals surface area contributed by atoms with Gasteiger partial charge in [0.25, 0.3) is 5.91 Å². The van der Waals surface area contributed by atoms with Gasteiger partial charge in [-0.15, -0.1) is 0 Å². The summed E-state index contributed by atoms with van der Waals surface area (Å²) in [6.07, 6.45) is 0. The lowest BCUT2D eigenvalue weighted by molar-refractivity contribution is 0.0952. The van der Waals surface area contributed by atoms with E-state index >= 15 is 0 Å². The molecule has 0 spiro atoms. The quantitative estimate of drug-likeness (QED) is 0.349. The van der Waals surface area contributed by atoms with Gasteiger partial charge in [-0.05, 0) is 31.5 Å². The predicted molar refractivity (Wildman–Crippen MR) is 104 cm³/mol. The Morgan fingerprint density at radius 1 is 1.08 bits per heavy atom. The van der Waals surface area contributed by atoms with Crippen LogP contribution in [0.25, 0.3) is 0 Å². The van der Waals surface area contributed by atoms with E-state index in [1.165, 1.54) is 11.6 Å². The molecule has 0 saturated heterocycles. The minimum atomic E-state index is -0.311. The van der Waals surface area contributed by atoms with E-state index < -0.39 is 0 Å². The number of aromatic hydroxyl groups is 1. The molecule has 0 aromatic heterocycles. The number of benzene rings is 2. The lowest BCUT2D eigenvalue weighted by Gasteiger charge is -2.18. The molecule has 0 aliphatic rings. The zero-order valence-corrected chi connectivity index (χ0v) is 15.2. The van der Waals surface area contributed by atoms with E-state index in [0.717, 1.165) is 6.54 Å². The fraction of sp³-hybridized carbons (Fsp3) is 0.300. The summed E-state index contributed by atoms with van der Waals surface area (Å²) in [7, 11) is 0. The number of para-hydroxylation sites is 1. The van der Waals surface area contributed by atoms with Crippen molar-refractivity contribution in [1.29, 1.82) is 0 Å². The van der Waals surface area contributed by atoms with Crippen molar-refractivity contribution in [3.63, 3.8) is 0 Å². The molecule has 26 heavy (non-hydrogen) atoms. The molecule has 0 bridgehead atoms. The largest absolute Gasteiger partial charge is 0.507 e. The summed E-state index contributed by atoms with van der Waals surface area (Å²) in [6.45, 7) is 5.63. The molecule has 4 N–H and O–H groups in total. The van der Waals surface area contributed by atoms with Gasteiger partial charge in [0.05, 0.1) is 18.2 Å². The number of carbonyl (C=O) groups is 1. The van der Waals surface area contributed by atoms with E-state index in [1.54, 1.807) is 18.2 Å². The Morgan fingerprint density at radius 2 is 1.77 bits per heavy atom. The topological polar surface area (TPSA) is 85.8 Å². The highest BCUT2D eigenvalue weighted by atomic mass is 16.3. The van der Waals surface area contributed by atoms with E-state index in [4.69, 9.17) is 0 Å². The molecule has 2 aromatic carbocycles. The summed E-state index contributed by atoms with van der Waals surface area (Å²) in [6, 6.07) is 16.7. The molecule has 0 saturated carbocycles. The van der Waals surface area contributed by atoms with Crippen molar-refractivity contribution in [2.45, 2.75) is 19.9 Å². The fourth-order valence-corrected chi connectivity index (χ4v) is 2.45. The first-order valence-corrected chi connectivity index (χ1v) is 8.77. The number of rotatable bonds is 7. The number of amides is 1. The van der Waals surface area contributed by atoms with Crippen LogP contribution in [0.15, 0.2) is 59.6 Å². The molecule has 2 rings (SSSR count). The van der Waals surface area contributed by atoms with Gasteiger partial charge in [0.1, 0.15) is 5.75 Å². The molecule has 0 aliphatic heterocycles. The van der Waals surface area contributed by atoms with Gasteiger partial charge in [0, 0.05) is 13.1 Å². The van der Waals surface area contributed by atoms with Crippen LogP contribution in [-0.4, -0.2) is 36.6 Å². The van der Waals surface area contributed by atoms with Gasteiger partial charge in [-0.1, -0.05) is 42.5 Å². The maximum Gasteiger partial charge on any atom is 0.255 e. The van der Waals surface area contributed by atoms with E-state index in [-0.39, 0.29) is 23.3 Å². The first-order chi connectivity index (χ1) is 12.6. The Balaban J connectivity index is 1.87. The van der Waals surface area contributed by atoms with Crippen LogP contribution in [-0.2, 0) is 0 Å². The summed E-state index contributed by atoms with van der Waals surface area (Å²) in [5.74, 6) is 0.356. The maximum atomic E-state index is 12.0. The third-order valence-electron chi connectivity index (χ3n) is 3.81. The normalized spacial score (nSPS) is 12.3. The number of guanidine groups is 1. The molecule has 1 amide bonds. The van der Waals surface area contributed by atoms with E-state index in [1.807, 2.05) is 25.1 Å².